The summed E-state index contributed by atoms with van der Waals surface area (Å²) in [7, 11) is -2.56. The van der Waals surface area contributed by atoms with Gasteiger partial charge < -0.3 is 9.67 Å². The van der Waals surface area contributed by atoms with E-state index < -0.39 is 13.2 Å². The molecule has 0 heterocycles. The molecule has 0 aliphatic carbocycles. The van der Waals surface area contributed by atoms with Gasteiger partial charge in [-0.2, -0.15) is 0 Å². The molecule has 0 unspecified atom stereocenters. The van der Waals surface area contributed by atoms with E-state index in [9.17, 15) is 9.67 Å². The lowest BCUT2D eigenvalue weighted by atomic mass is 10.3. The predicted molar refractivity (Wildman–Crippen MR) is 70.0 cm³/mol. The van der Waals surface area contributed by atoms with Crippen LogP contribution in [0, 0.1) is 0 Å². The first-order valence-corrected chi connectivity index (χ1v) is 7.49. The van der Waals surface area contributed by atoms with Crippen molar-refractivity contribution in [3.8, 4) is 0 Å². The lowest BCUT2D eigenvalue weighted by Crippen LogP contribution is -2.28. The van der Waals surface area contributed by atoms with Crippen LogP contribution < -0.4 is 5.30 Å². The Balaban J connectivity index is 3.22. The van der Waals surface area contributed by atoms with Crippen molar-refractivity contribution in [3.05, 3.63) is 30.3 Å². The largest absolute Gasteiger partial charge is 0.393 e. The third-order valence-electron chi connectivity index (χ3n) is 2.78. The van der Waals surface area contributed by atoms with Crippen LogP contribution in [0.4, 0.5) is 0 Å². The molecule has 16 heavy (non-hydrogen) atoms. The SMILES string of the molecule is C[C@H](O)C[P@@](=O)(c1ccccc1)C(C)(C)C. The smallest absolute Gasteiger partial charge is 0.123 e. The first-order valence-electron chi connectivity index (χ1n) is 5.60. The van der Waals surface area contributed by atoms with Crippen LogP contribution in [0.15, 0.2) is 30.3 Å². The average Bonchev–Trinajstić information content (AvgIpc) is 2.16. The van der Waals surface area contributed by atoms with E-state index in [0.717, 1.165) is 5.30 Å². The highest BCUT2D eigenvalue weighted by Crippen LogP contribution is 2.56. The van der Waals surface area contributed by atoms with Crippen LogP contribution in [-0.4, -0.2) is 22.5 Å². The van der Waals surface area contributed by atoms with E-state index in [4.69, 9.17) is 0 Å². The Kier molecular flexibility index (Phi) is 3.98. The summed E-state index contributed by atoms with van der Waals surface area (Å²) >= 11 is 0. The maximum Gasteiger partial charge on any atom is 0.123 e. The summed E-state index contributed by atoms with van der Waals surface area (Å²) in [6.07, 6.45) is -0.189. The fraction of sp³-hybridized carbons (Fsp3) is 0.538. The maximum absolute atomic E-state index is 13.1. The molecule has 1 aromatic rings. The van der Waals surface area contributed by atoms with Crippen molar-refractivity contribution < 1.29 is 9.67 Å². The highest BCUT2D eigenvalue weighted by molar-refractivity contribution is 7.73. The van der Waals surface area contributed by atoms with Gasteiger partial charge in [-0.25, -0.2) is 0 Å². The Morgan fingerprint density at radius 3 is 2.12 bits per heavy atom. The molecule has 0 radical (unpaired) electrons. The molecule has 1 aromatic carbocycles. The molecule has 1 N–H and O–H groups in total. The Hall–Kier alpha value is -0.590. The molecule has 2 atom stereocenters. The van der Waals surface area contributed by atoms with Crippen LogP contribution in [0.3, 0.4) is 0 Å². The topological polar surface area (TPSA) is 37.3 Å². The van der Waals surface area contributed by atoms with Gasteiger partial charge >= 0.3 is 0 Å². The first kappa shape index (κ1) is 13.5. The summed E-state index contributed by atoms with van der Waals surface area (Å²) in [5, 5.41) is 10.1. The monoisotopic (exact) mass is 240 g/mol. The van der Waals surface area contributed by atoms with E-state index in [-0.39, 0.29) is 5.16 Å². The van der Waals surface area contributed by atoms with Crippen molar-refractivity contribution >= 4 is 12.4 Å². The highest BCUT2D eigenvalue weighted by Gasteiger charge is 2.38. The van der Waals surface area contributed by atoms with Crippen molar-refractivity contribution in [1.29, 1.82) is 0 Å². The van der Waals surface area contributed by atoms with Crippen molar-refractivity contribution in [1.82, 2.24) is 0 Å². The van der Waals surface area contributed by atoms with Crippen LogP contribution in [0.5, 0.6) is 0 Å². The van der Waals surface area contributed by atoms with Gasteiger partial charge in [0.2, 0.25) is 0 Å². The van der Waals surface area contributed by atoms with Crippen LogP contribution in [-0.2, 0) is 4.57 Å². The summed E-state index contributed by atoms with van der Waals surface area (Å²) in [6.45, 7) is 7.62. The molecule has 0 bridgehead atoms. The van der Waals surface area contributed by atoms with Gasteiger partial charge in [-0.05, 0) is 6.92 Å². The Bertz CT molecular complexity index is 377. The number of aliphatic hydroxyl groups is 1. The summed E-state index contributed by atoms with van der Waals surface area (Å²) < 4.78 is 13.1. The molecule has 1 rings (SSSR count). The van der Waals surface area contributed by atoms with Crippen molar-refractivity contribution in [3.63, 3.8) is 0 Å². The average molecular weight is 240 g/mol. The lowest BCUT2D eigenvalue weighted by molar-refractivity contribution is 0.217. The molecule has 0 aromatic heterocycles. The summed E-state index contributed by atoms with van der Waals surface area (Å²) in [6, 6.07) is 9.51. The first-order chi connectivity index (χ1) is 7.27. The van der Waals surface area contributed by atoms with Gasteiger partial charge in [0.1, 0.15) is 7.14 Å². The van der Waals surface area contributed by atoms with Gasteiger partial charge in [0, 0.05) is 16.6 Å². The van der Waals surface area contributed by atoms with Gasteiger partial charge in [-0.15, -0.1) is 0 Å². The minimum atomic E-state index is -2.56. The lowest BCUT2D eigenvalue weighted by Gasteiger charge is -2.32. The second-order valence-corrected chi connectivity index (χ2v) is 8.98. The highest BCUT2D eigenvalue weighted by atomic mass is 31.2. The fourth-order valence-electron chi connectivity index (χ4n) is 1.81. The molecule has 0 saturated carbocycles. The Labute approximate surface area is 98.1 Å². The Morgan fingerprint density at radius 2 is 1.75 bits per heavy atom. The van der Waals surface area contributed by atoms with Crippen LogP contribution >= 0.6 is 7.14 Å². The molecule has 0 aliphatic heterocycles. The van der Waals surface area contributed by atoms with Crippen molar-refractivity contribution in [2.45, 2.75) is 39.0 Å². The third-order valence-corrected chi connectivity index (χ3v) is 7.12. The second-order valence-electron chi connectivity index (χ2n) is 5.28. The summed E-state index contributed by atoms with van der Waals surface area (Å²) in [5.74, 6) is 0. The van der Waals surface area contributed by atoms with Gasteiger partial charge in [0.05, 0.1) is 6.10 Å². The predicted octanol–water partition coefficient (Wildman–Crippen LogP) is 2.85. The number of rotatable bonds is 3. The number of hydrogen-bond acceptors (Lipinski definition) is 2. The van der Waals surface area contributed by atoms with E-state index in [1.807, 2.05) is 51.1 Å². The molecule has 0 amide bonds. The Morgan fingerprint density at radius 1 is 1.25 bits per heavy atom. The van der Waals surface area contributed by atoms with E-state index in [2.05, 4.69) is 0 Å². The van der Waals surface area contributed by atoms with Gasteiger partial charge in [-0.3, -0.25) is 0 Å². The molecule has 0 spiro atoms. The maximum atomic E-state index is 13.1. The molecule has 3 heteroatoms. The minimum absolute atomic E-state index is 0.314. The van der Waals surface area contributed by atoms with E-state index in [1.54, 1.807) is 6.92 Å². The summed E-state index contributed by atoms with van der Waals surface area (Å²) in [4.78, 5) is 0. The molecular formula is C13H21O2P. The van der Waals surface area contributed by atoms with E-state index in [0.29, 0.717) is 6.16 Å². The second kappa shape index (κ2) is 4.73. The van der Waals surface area contributed by atoms with E-state index >= 15 is 0 Å². The van der Waals surface area contributed by atoms with Crippen molar-refractivity contribution in [2.24, 2.45) is 0 Å². The quantitative estimate of drug-likeness (QED) is 0.825. The van der Waals surface area contributed by atoms with Crippen LogP contribution in [0.2, 0.25) is 0 Å². The van der Waals surface area contributed by atoms with Gasteiger partial charge in [-0.1, -0.05) is 51.1 Å². The minimum Gasteiger partial charge on any atom is -0.393 e. The molecule has 0 aliphatic rings. The molecule has 0 fully saturated rings. The van der Waals surface area contributed by atoms with Gasteiger partial charge in [0.25, 0.3) is 0 Å². The molecule has 0 saturated heterocycles. The third kappa shape index (κ3) is 2.75. The number of hydrogen-bond donors (Lipinski definition) is 1. The van der Waals surface area contributed by atoms with Gasteiger partial charge in [0.15, 0.2) is 0 Å². The zero-order chi connectivity index (χ0) is 12.4. The normalized spacial score (nSPS) is 17.8. The number of aliphatic hydroxyl groups excluding tert-OH is 1. The zero-order valence-corrected chi connectivity index (χ0v) is 11.4. The fourth-order valence-corrected chi connectivity index (χ4v) is 4.74. The van der Waals surface area contributed by atoms with Crippen LogP contribution in [0.1, 0.15) is 27.7 Å². The molecule has 2 nitrogen and oxygen atoms in total. The van der Waals surface area contributed by atoms with E-state index in [1.165, 1.54) is 0 Å². The number of benzene rings is 1. The standard InChI is InChI=1S/C13H21O2P/c1-11(14)10-16(15,13(2,3)4)12-8-6-5-7-9-12/h5-9,11,14H,10H2,1-4H3/t11-,16+/m0/s1. The molecule has 90 valence electrons. The van der Waals surface area contributed by atoms with Crippen LogP contribution in [0.25, 0.3) is 0 Å². The van der Waals surface area contributed by atoms with Crippen molar-refractivity contribution in [2.75, 3.05) is 6.16 Å². The summed E-state index contributed by atoms with van der Waals surface area (Å²) in [5.41, 5.74) is 0. The molecular weight excluding hydrogens is 219 g/mol. The zero-order valence-electron chi connectivity index (χ0n) is 10.5.